The van der Waals surface area contributed by atoms with E-state index in [2.05, 4.69) is 5.32 Å². The van der Waals surface area contributed by atoms with Crippen molar-refractivity contribution in [2.45, 2.75) is 37.4 Å². The molecule has 0 saturated carbocycles. The van der Waals surface area contributed by atoms with Crippen LogP contribution >= 0.6 is 11.6 Å². The number of halogens is 3. The maximum Gasteiger partial charge on any atom is 0.257 e. The zero-order chi connectivity index (χ0) is 35.7. The summed E-state index contributed by atoms with van der Waals surface area (Å²) in [6.07, 6.45) is 0.672. The molecule has 0 aliphatic carbocycles. The second-order valence-corrected chi connectivity index (χ2v) is 14.3. The minimum absolute atomic E-state index is 0.232. The first-order chi connectivity index (χ1) is 23.2. The summed E-state index contributed by atoms with van der Waals surface area (Å²) in [4.78, 5) is 12.3. The van der Waals surface area contributed by atoms with Crippen LogP contribution in [0.25, 0.3) is 6.08 Å². The summed E-state index contributed by atoms with van der Waals surface area (Å²) in [6.45, 7) is 0.0289. The maximum atomic E-state index is 15.7. The van der Waals surface area contributed by atoms with Gasteiger partial charge in [0.15, 0.2) is 0 Å². The van der Waals surface area contributed by atoms with Crippen LogP contribution in [0.2, 0.25) is 5.02 Å². The number of fused-ring (bicyclic) bond motifs is 1. The second-order valence-electron chi connectivity index (χ2n) is 11.9. The highest BCUT2D eigenvalue weighted by molar-refractivity contribution is 7.90. The number of piperidine rings is 1. The van der Waals surface area contributed by atoms with E-state index in [1.54, 1.807) is 54.6 Å². The van der Waals surface area contributed by atoms with Crippen molar-refractivity contribution in [1.82, 2.24) is 9.21 Å². The Labute approximate surface area is 289 Å². The average molecular weight is 721 g/mol. The van der Waals surface area contributed by atoms with Gasteiger partial charge in [0.25, 0.3) is 15.9 Å². The standard InChI is InChI=1S/C34H39ClF2N4O7S/c1-21-18-40(14-13-33(21,36)37)34(27(32(38)42)17-26-28(35)7-6-8-29(26)39-34)49(43,44)41(19-22-9-11-24(45-2)15-30(22)47-4)20-23-10-12-25(46-3)16-31(23)48-5/h6-12,15-17,21,39H,13-14,18-20H2,1-5H3,(H2,38,42). The highest BCUT2D eigenvalue weighted by Gasteiger charge is 2.60. The van der Waals surface area contributed by atoms with Crippen molar-refractivity contribution in [3.8, 4) is 23.0 Å². The van der Waals surface area contributed by atoms with Crippen LogP contribution in [0.3, 0.4) is 0 Å². The number of methoxy groups -OCH3 is 4. The zero-order valence-electron chi connectivity index (χ0n) is 27.8. The number of ether oxygens (including phenoxy) is 4. The topological polar surface area (TPSA) is 133 Å². The van der Waals surface area contributed by atoms with Gasteiger partial charge in [-0.1, -0.05) is 36.7 Å². The van der Waals surface area contributed by atoms with Crippen LogP contribution in [0, 0.1) is 5.92 Å². The summed E-state index contributed by atoms with van der Waals surface area (Å²) in [5.74, 6) is -3.78. The number of amides is 1. The van der Waals surface area contributed by atoms with Crippen molar-refractivity contribution in [1.29, 1.82) is 0 Å². The monoisotopic (exact) mass is 720 g/mol. The van der Waals surface area contributed by atoms with Gasteiger partial charge in [0.2, 0.25) is 10.9 Å². The third-order valence-corrected chi connectivity index (χ3v) is 11.6. The van der Waals surface area contributed by atoms with Gasteiger partial charge in [0.05, 0.1) is 34.0 Å². The molecule has 2 aliphatic rings. The van der Waals surface area contributed by atoms with Gasteiger partial charge in [-0.2, -0.15) is 4.31 Å². The largest absolute Gasteiger partial charge is 0.497 e. The van der Waals surface area contributed by atoms with Crippen molar-refractivity contribution in [3.63, 3.8) is 0 Å². The summed E-state index contributed by atoms with van der Waals surface area (Å²) in [5.41, 5.74) is 7.13. The number of nitrogens with one attached hydrogen (secondary N) is 1. The maximum absolute atomic E-state index is 15.7. The number of hydrogen-bond acceptors (Lipinski definition) is 9. The molecule has 5 rings (SSSR count). The van der Waals surface area contributed by atoms with Crippen molar-refractivity contribution in [2.24, 2.45) is 11.7 Å². The lowest BCUT2D eigenvalue weighted by molar-refractivity contribution is -0.117. The molecule has 15 heteroatoms. The van der Waals surface area contributed by atoms with Crippen molar-refractivity contribution in [3.05, 3.63) is 81.9 Å². The molecule has 3 aromatic carbocycles. The number of rotatable bonds is 12. The van der Waals surface area contributed by atoms with Gasteiger partial charge >= 0.3 is 0 Å². The Morgan fingerprint density at radius 3 is 2.04 bits per heavy atom. The lowest BCUT2D eigenvalue weighted by atomic mass is 9.92. The van der Waals surface area contributed by atoms with Gasteiger partial charge in [-0.15, -0.1) is 0 Å². The third kappa shape index (κ3) is 6.62. The average Bonchev–Trinajstić information content (AvgIpc) is 3.08. The molecule has 49 heavy (non-hydrogen) atoms. The summed E-state index contributed by atoms with van der Waals surface area (Å²) >= 11 is 6.50. The molecule has 3 aromatic rings. The summed E-state index contributed by atoms with van der Waals surface area (Å²) in [6, 6.07) is 14.7. The van der Waals surface area contributed by atoms with Crippen molar-refractivity contribution >= 4 is 39.3 Å². The van der Waals surface area contributed by atoms with Gasteiger partial charge < -0.3 is 30.0 Å². The molecule has 1 amide bonds. The fraction of sp³-hybridized carbons (Fsp3) is 0.382. The minimum Gasteiger partial charge on any atom is -0.497 e. The SMILES string of the molecule is COc1ccc(CN(Cc2ccc(OC)cc2OC)S(=O)(=O)C2(N3CCC(F)(F)C(C)C3)Nc3cccc(Cl)c3C=C2C(N)=O)c(OC)c1. The van der Waals surface area contributed by atoms with Crippen LogP contribution in [-0.4, -0.2) is 76.0 Å². The highest BCUT2D eigenvalue weighted by atomic mass is 35.5. The number of primary amides is 1. The Bertz CT molecular complexity index is 1820. The van der Waals surface area contributed by atoms with E-state index in [-0.39, 0.29) is 42.5 Å². The quantitative estimate of drug-likeness (QED) is 0.255. The number of nitrogens with two attached hydrogens (primary N) is 1. The van der Waals surface area contributed by atoms with Gasteiger partial charge in [-0.05, 0) is 30.3 Å². The number of carbonyl (C=O) groups excluding carboxylic acids is 1. The molecule has 0 radical (unpaired) electrons. The second kappa shape index (κ2) is 14.0. The molecule has 11 nitrogen and oxygen atoms in total. The Morgan fingerprint density at radius 1 is 0.980 bits per heavy atom. The first-order valence-electron chi connectivity index (χ1n) is 15.4. The fourth-order valence-corrected chi connectivity index (χ4v) is 8.66. The zero-order valence-corrected chi connectivity index (χ0v) is 29.3. The van der Waals surface area contributed by atoms with Crippen LogP contribution in [0.5, 0.6) is 23.0 Å². The Hall–Kier alpha value is -4.11. The van der Waals surface area contributed by atoms with Gasteiger partial charge in [0.1, 0.15) is 23.0 Å². The van der Waals surface area contributed by atoms with Gasteiger partial charge in [-0.3, -0.25) is 9.69 Å². The number of nitrogens with zero attached hydrogens (tertiary/aromatic N) is 2. The Balaban J connectivity index is 1.77. The van der Waals surface area contributed by atoms with E-state index in [1.807, 2.05) is 0 Å². The molecule has 264 valence electrons. The molecule has 2 atom stereocenters. The molecule has 2 aliphatic heterocycles. The smallest absolute Gasteiger partial charge is 0.257 e. The van der Waals surface area contributed by atoms with Crippen LogP contribution < -0.4 is 30.0 Å². The molecular weight excluding hydrogens is 682 g/mol. The molecule has 0 bridgehead atoms. The summed E-state index contributed by atoms with van der Waals surface area (Å²) in [7, 11) is 1.01. The van der Waals surface area contributed by atoms with Gasteiger partial charge in [-0.25, -0.2) is 17.2 Å². The van der Waals surface area contributed by atoms with E-state index in [0.717, 1.165) is 4.31 Å². The van der Waals surface area contributed by atoms with Crippen LogP contribution in [-0.2, 0) is 27.9 Å². The number of alkyl halides is 2. The van der Waals surface area contributed by atoms with Gasteiger partial charge in [0, 0.05) is 78.1 Å². The van der Waals surface area contributed by atoms with E-state index in [1.165, 1.54) is 46.3 Å². The van der Waals surface area contributed by atoms with Crippen molar-refractivity contribution in [2.75, 3.05) is 46.8 Å². The fourth-order valence-electron chi connectivity index (χ4n) is 6.27. The molecular formula is C34H39ClF2N4O7S. The Kier molecular flexibility index (Phi) is 10.4. The highest BCUT2D eigenvalue weighted by Crippen LogP contribution is 2.47. The predicted molar refractivity (Wildman–Crippen MR) is 183 cm³/mol. The van der Waals surface area contributed by atoms with Crippen molar-refractivity contribution < 1.29 is 40.9 Å². The molecule has 0 aromatic heterocycles. The minimum atomic E-state index is -4.86. The normalized spacial score (nSPS) is 20.5. The molecule has 1 saturated heterocycles. The number of benzene rings is 3. The Morgan fingerprint density at radius 2 is 1.55 bits per heavy atom. The summed E-state index contributed by atoms with van der Waals surface area (Å²) < 4.78 is 84.3. The number of anilines is 1. The lowest BCUT2D eigenvalue weighted by Gasteiger charge is -2.51. The van der Waals surface area contributed by atoms with E-state index < -0.39 is 39.2 Å². The number of hydrogen-bond donors (Lipinski definition) is 2. The first kappa shape index (κ1) is 36.2. The van der Waals surface area contributed by atoms with Crippen LogP contribution in [0.15, 0.2) is 60.2 Å². The number of carbonyl (C=O) groups is 1. The number of sulfonamides is 1. The molecule has 2 heterocycles. The molecule has 2 unspecified atom stereocenters. The predicted octanol–water partition coefficient (Wildman–Crippen LogP) is 5.33. The molecule has 0 spiro atoms. The van der Waals surface area contributed by atoms with E-state index in [4.69, 9.17) is 36.3 Å². The lowest BCUT2D eigenvalue weighted by Crippen LogP contribution is -2.69. The van der Waals surface area contributed by atoms with E-state index in [9.17, 15) is 13.6 Å². The van der Waals surface area contributed by atoms with E-state index in [0.29, 0.717) is 39.7 Å². The van der Waals surface area contributed by atoms with Crippen LogP contribution in [0.1, 0.15) is 30.0 Å². The molecule has 3 N–H and O–H groups in total. The first-order valence-corrected chi connectivity index (χ1v) is 17.2. The van der Waals surface area contributed by atoms with Crippen LogP contribution in [0.4, 0.5) is 14.5 Å². The van der Waals surface area contributed by atoms with E-state index >= 15 is 8.42 Å². The third-order valence-electron chi connectivity index (χ3n) is 9.05. The molecule has 1 fully saturated rings. The number of likely N-dealkylation sites (tertiary alicyclic amines) is 1. The summed E-state index contributed by atoms with van der Waals surface area (Å²) in [5, 5.41) is 3.31.